The minimum absolute atomic E-state index is 0.472. The van der Waals surface area contributed by atoms with Gasteiger partial charge in [-0.25, -0.2) is 0 Å². The molecule has 0 aromatic heterocycles. The van der Waals surface area contributed by atoms with Gasteiger partial charge in [-0.15, -0.1) is 0 Å². The molecule has 0 saturated heterocycles. The topological polar surface area (TPSA) is 35.2 Å². The Labute approximate surface area is 98.9 Å². The van der Waals surface area contributed by atoms with Crippen molar-refractivity contribution in [2.75, 3.05) is 13.2 Å². The van der Waals surface area contributed by atoms with Crippen molar-refractivity contribution in [2.45, 2.75) is 25.7 Å². The second kappa shape index (κ2) is 4.54. The summed E-state index contributed by atoms with van der Waals surface area (Å²) in [6, 6.07) is 4.31. The van der Waals surface area contributed by atoms with Gasteiger partial charge in [0, 0.05) is 10.9 Å². The average molecular weight is 270 g/mol. The summed E-state index contributed by atoms with van der Waals surface area (Å²) in [6.45, 7) is 3.74. The van der Waals surface area contributed by atoms with Gasteiger partial charge < -0.3 is 10.5 Å². The molecule has 0 fully saturated rings. The van der Waals surface area contributed by atoms with E-state index in [1.165, 1.54) is 11.1 Å². The van der Waals surface area contributed by atoms with Crippen molar-refractivity contribution in [2.24, 2.45) is 5.73 Å². The van der Waals surface area contributed by atoms with E-state index in [2.05, 4.69) is 35.0 Å². The molecule has 15 heavy (non-hydrogen) atoms. The Kier molecular flexibility index (Phi) is 3.32. The van der Waals surface area contributed by atoms with Crippen LogP contribution < -0.4 is 10.5 Å². The zero-order valence-electron chi connectivity index (χ0n) is 8.92. The van der Waals surface area contributed by atoms with Crippen LogP contribution in [-0.2, 0) is 6.42 Å². The lowest BCUT2D eigenvalue weighted by Crippen LogP contribution is -2.05. The maximum absolute atomic E-state index is 5.69. The standard InChI is InChI=1S/C12H16BrNO/c1-8(2-4-14)11-7-10(13)6-9-3-5-15-12(9)11/h6-8H,2-5,14H2,1H3. The number of benzene rings is 1. The predicted molar refractivity (Wildman–Crippen MR) is 65.4 cm³/mol. The van der Waals surface area contributed by atoms with Crippen LogP contribution in [0.2, 0.25) is 0 Å². The number of halogens is 1. The minimum atomic E-state index is 0.472. The molecule has 1 aliphatic rings. The van der Waals surface area contributed by atoms with Crippen LogP contribution in [0.3, 0.4) is 0 Å². The highest BCUT2D eigenvalue weighted by Crippen LogP contribution is 2.37. The SMILES string of the molecule is CC(CCN)c1cc(Br)cc2c1OCC2. The Balaban J connectivity index is 2.37. The van der Waals surface area contributed by atoms with E-state index >= 15 is 0 Å². The quantitative estimate of drug-likeness (QED) is 0.916. The smallest absolute Gasteiger partial charge is 0.126 e. The molecule has 0 bridgehead atoms. The molecule has 1 atom stereocenters. The highest BCUT2D eigenvalue weighted by Gasteiger charge is 2.20. The highest BCUT2D eigenvalue weighted by molar-refractivity contribution is 9.10. The first-order chi connectivity index (χ1) is 7.22. The molecule has 2 rings (SSSR count). The Hall–Kier alpha value is -0.540. The van der Waals surface area contributed by atoms with E-state index in [0.29, 0.717) is 5.92 Å². The summed E-state index contributed by atoms with van der Waals surface area (Å²) in [5.74, 6) is 1.57. The molecule has 1 heterocycles. The Morgan fingerprint density at radius 2 is 2.33 bits per heavy atom. The van der Waals surface area contributed by atoms with E-state index in [1.807, 2.05) is 0 Å². The van der Waals surface area contributed by atoms with E-state index in [0.717, 1.165) is 36.2 Å². The molecule has 0 saturated carbocycles. The van der Waals surface area contributed by atoms with Crippen LogP contribution in [0.1, 0.15) is 30.4 Å². The molecule has 0 amide bonds. The normalized spacial score (nSPS) is 15.9. The van der Waals surface area contributed by atoms with Crippen molar-refractivity contribution in [1.82, 2.24) is 0 Å². The van der Waals surface area contributed by atoms with Gasteiger partial charge in [-0.1, -0.05) is 22.9 Å². The molecule has 1 unspecified atom stereocenters. The van der Waals surface area contributed by atoms with Crippen LogP contribution in [0.25, 0.3) is 0 Å². The second-order valence-corrected chi connectivity index (χ2v) is 4.98. The van der Waals surface area contributed by atoms with Gasteiger partial charge in [0.15, 0.2) is 0 Å². The zero-order chi connectivity index (χ0) is 10.8. The molecular formula is C12H16BrNO. The number of hydrogen-bond acceptors (Lipinski definition) is 2. The van der Waals surface area contributed by atoms with Gasteiger partial charge >= 0.3 is 0 Å². The number of nitrogens with two attached hydrogens (primary N) is 1. The summed E-state index contributed by atoms with van der Waals surface area (Å²) in [5, 5.41) is 0. The molecule has 3 heteroatoms. The van der Waals surface area contributed by atoms with Crippen LogP contribution in [0.5, 0.6) is 5.75 Å². The van der Waals surface area contributed by atoms with Crippen LogP contribution >= 0.6 is 15.9 Å². The summed E-state index contributed by atoms with van der Waals surface area (Å²) in [5.41, 5.74) is 8.21. The van der Waals surface area contributed by atoms with Gasteiger partial charge in [-0.05, 0) is 42.1 Å². The van der Waals surface area contributed by atoms with E-state index in [1.54, 1.807) is 0 Å². The van der Waals surface area contributed by atoms with Gasteiger partial charge in [0.05, 0.1) is 6.61 Å². The van der Waals surface area contributed by atoms with Crippen molar-refractivity contribution in [1.29, 1.82) is 0 Å². The maximum Gasteiger partial charge on any atom is 0.126 e. The van der Waals surface area contributed by atoms with Crippen LogP contribution in [0.15, 0.2) is 16.6 Å². The fourth-order valence-electron chi connectivity index (χ4n) is 2.07. The zero-order valence-corrected chi connectivity index (χ0v) is 10.5. The van der Waals surface area contributed by atoms with E-state index in [-0.39, 0.29) is 0 Å². The first-order valence-corrected chi connectivity index (χ1v) is 6.17. The van der Waals surface area contributed by atoms with Crippen LogP contribution in [0.4, 0.5) is 0 Å². The molecule has 1 aliphatic heterocycles. The number of rotatable bonds is 3. The molecule has 2 N–H and O–H groups in total. The highest BCUT2D eigenvalue weighted by atomic mass is 79.9. The maximum atomic E-state index is 5.69. The van der Waals surface area contributed by atoms with Gasteiger partial charge in [0.2, 0.25) is 0 Å². The monoisotopic (exact) mass is 269 g/mol. The summed E-state index contributed by atoms with van der Waals surface area (Å²) in [6.07, 6.45) is 2.03. The molecule has 0 aliphatic carbocycles. The lowest BCUT2D eigenvalue weighted by Gasteiger charge is -2.15. The third kappa shape index (κ3) is 2.18. The molecular weight excluding hydrogens is 254 g/mol. The largest absolute Gasteiger partial charge is 0.493 e. The van der Waals surface area contributed by atoms with E-state index in [9.17, 15) is 0 Å². The van der Waals surface area contributed by atoms with Gasteiger partial charge in [0.25, 0.3) is 0 Å². The average Bonchev–Trinajstić information content (AvgIpc) is 2.64. The summed E-state index contributed by atoms with van der Waals surface area (Å²) < 4.78 is 6.83. The van der Waals surface area contributed by atoms with Gasteiger partial charge in [-0.2, -0.15) is 0 Å². The van der Waals surface area contributed by atoms with E-state index in [4.69, 9.17) is 10.5 Å². The van der Waals surface area contributed by atoms with Crippen molar-refractivity contribution in [3.8, 4) is 5.75 Å². The van der Waals surface area contributed by atoms with Crippen molar-refractivity contribution < 1.29 is 4.74 Å². The minimum Gasteiger partial charge on any atom is -0.493 e. The fraction of sp³-hybridized carbons (Fsp3) is 0.500. The summed E-state index contributed by atoms with van der Waals surface area (Å²) >= 11 is 3.55. The number of ether oxygens (including phenoxy) is 1. The third-order valence-electron chi connectivity index (χ3n) is 2.91. The fourth-order valence-corrected chi connectivity index (χ4v) is 2.59. The van der Waals surface area contributed by atoms with Crippen molar-refractivity contribution >= 4 is 15.9 Å². The third-order valence-corrected chi connectivity index (χ3v) is 3.37. The molecule has 1 aromatic rings. The molecule has 82 valence electrons. The summed E-state index contributed by atoms with van der Waals surface area (Å²) in [7, 11) is 0. The summed E-state index contributed by atoms with van der Waals surface area (Å²) in [4.78, 5) is 0. The molecule has 1 aromatic carbocycles. The number of hydrogen-bond donors (Lipinski definition) is 1. The Bertz CT molecular complexity index is 365. The van der Waals surface area contributed by atoms with E-state index < -0.39 is 0 Å². The molecule has 0 spiro atoms. The van der Waals surface area contributed by atoms with Gasteiger partial charge in [-0.3, -0.25) is 0 Å². The van der Waals surface area contributed by atoms with Crippen LogP contribution in [-0.4, -0.2) is 13.2 Å². The lowest BCUT2D eigenvalue weighted by atomic mass is 9.95. The molecule has 2 nitrogen and oxygen atoms in total. The predicted octanol–water partition coefficient (Wildman–Crippen LogP) is 2.84. The lowest BCUT2D eigenvalue weighted by molar-refractivity contribution is 0.351. The first-order valence-electron chi connectivity index (χ1n) is 5.37. The Morgan fingerprint density at radius 1 is 1.53 bits per heavy atom. The molecule has 0 radical (unpaired) electrons. The van der Waals surface area contributed by atoms with Gasteiger partial charge in [0.1, 0.15) is 5.75 Å². The second-order valence-electron chi connectivity index (χ2n) is 4.06. The first kappa shape index (κ1) is 11.0. The Morgan fingerprint density at radius 3 is 3.07 bits per heavy atom. The van der Waals surface area contributed by atoms with Crippen LogP contribution in [0, 0.1) is 0 Å². The number of fused-ring (bicyclic) bond motifs is 1. The van der Waals surface area contributed by atoms with Crippen molar-refractivity contribution in [3.63, 3.8) is 0 Å². The van der Waals surface area contributed by atoms with Crippen molar-refractivity contribution in [3.05, 3.63) is 27.7 Å².